The van der Waals surface area contributed by atoms with Crippen molar-refractivity contribution < 1.29 is 10.0 Å². The molecule has 0 unspecified atom stereocenters. The number of nitrogens with one attached hydrogen (secondary N) is 1. The van der Waals surface area contributed by atoms with E-state index in [1.165, 1.54) is 4.57 Å². The van der Waals surface area contributed by atoms with Gasteiger partial charge in [-0.3, -0.25) is 19.3 Å². The monoisotopic (exact) mass is 369 g/mol. The third kappa shape index (κ3) is 4.76. The van der Waals surface area contributed by atoms with Gasteiger partial charge in [0.25, 0.3) is 0 Å². The molecule has 0 spiro atoms. The summed E-state index contributed by atoms with van der Waals surface area (Å²) < 4.78 is 3.12. The quantitative estimate of drug-likeness (QED) is 0.405. The van der Waals surface area contributed by atoms with Crippen molar-refractivity contribution in [1.82, 2.24) is 30.0 Å². The third-order valence-electron chi connectivity index (χ3n) is 3.95. The highest BCUT2D eigenvalue weighted by molar-refractivity contribution is 5.74. The Bertz CT molecular complexity index is 979. The van der Waals surface area contributed by atoms with Gasteiger partial charge in [-0.05, 0) is 18.1 Å². The number of nitrogens with two attached hydrogens (primary N) is 1. The second-order valence-electron chi connectivity index (χ2n) is 5.97. The summed E-state index contributed by atoms with van der Waals surface area (Å²) in [6, 6.07) is 9.20. The number of hydroxylamine groups is 1. The zero-order chi connectivity index (χ0) is 19.2. The summed E-state index contributed by atoms with van der Waals surface area (Å²) in [6.07, 6.45) is 4.15. The molecule has 0 aliphatic heterocycles. The summed E-state index contributed by atoms with van der Waals surface area (Å²) in [5.41, 5.74) is 9.23. The van der Waals surface area contributed by atoms with E-state index in [0.717, 1.165) is 11.1 Å². The number of aryl methyl sites for hydroxylation is 1. The van der Waals surface area contributed by atoms with Crippen LogP contribution in [0.5, 0.6) is 0 Å². The first-order chi connectivity index (χ1) is 13.0. The van der Waals surface area contributed by atoms with Gasteiger partial charge in [0.2, 0.25) is 5.91 Å². The Morgan fingerprint density at radius 1 is 1.22 bits per heavy atom. The molecule has 0 bridgehead atoms. The van der Waals surface area contributed by atoms with E-state index < -0.39 is 11.6 Å². The van der Waals surface area contributed by atoms with Crippen LogP contribution < -0.4 is 16.9 Å². The van der Waals surface area contributed by atoms with E-state index in [1.54, 1.807) is 28.6 Å². The molecular formula is C17H19N7O3. The molecular weight excluding hydrogens is 350 g/mol. The fourth-order valence-corrected chi connectivity index (χ4v) is 2.54. The van der Waals surface area contributed by atoms with Gasteiger partial charge >= 0.3 is 5.69 Å². The largest absolute Gasteiger partial charge is 0.383 e. The maximum Gasteiger partial charge on any atom is 0.349 e. The molecule has 0 aliphatic rings. The summed E-state index contributed by atoms with van der Waals surface area (Å²) in [4.78, 5) is 26.5. The fourth-order valence-electron chi connectivity index (χ4n) is 2.54. The van der Waals surface area contributed by atoms with E-state index in [9.17, 15) is 9.59 Å². The lowest BCUT2D eigenvalue weighted by molar-refractivity contribution is -0.129. The second kappa shape index (κ2) is 8.23. The minimum Gasteiger partial charge on any atom is -0.383 e. The highest BCUT2D eigenvalue weighted by atomic mass is 16.5. The Morgan fingerprint density at radius 3 is 2.70 bits per heavy atom. The van der Waals surface area contributed by atoms with Crippen molar-refractivity contribution in [3.63, 3.8) is 0 Å². The lowest BCUT2D eigenvalue weighted by Crippen LogP contribution is -2.23. The van der Waals surface area contributed by atoms with Crippen LogP contribution >= 0.6 is 0 Å². The van der Waals surface area contributed by atoms with Gasteiger partial charge in [0.05, 0.1) is 12.7 Å². The molecule has 0 saturated heterocycles. The molecule has 0 atom stereocenters. The number of carbonyl (C=O) groups excluding carboxylic acids is 1. The minimum absolute atomic E-state index is 0.201. The Kier molecular flexibility index (Phi) is 5.57. The van der Waals surface area contributed by atoms with Gasteiger partial charge in [-0.2, -0.15) is 4.98 Å². The second-order valence-corrected chi connectivity index (χ2v) is 5.97. The summed E-state index contributed by atoms with van der Waals surface area (Å²) in [7, 11) is 0. The first-order valence-electron chi connectivity index (χ1n) is 8.30. The van der Waals surface area contributed by atoms with Crippen molar-refractivity contribution in [3.8, 4) is 11.3 Å². The van der Waals surface area contributed by atoms with Gasteiger partial charge < -0.3 is 5.73 Å². The first-order valence-corrected chi connectivity index (χ1v) is 8.30. The highest BCUT2D eigenvalue weighted by Crippen LogP contribution is 2.17. The molecule has 0 radical (unpaired) electrons. The lowest BCUT2D eigenvalue weighted by atomic mass is 10.1. The molecule has 4 N–H and O–H groups in total. The van der Waals surface area contributed by atoms with E-state index >= 15 is 0 Å². The van der Waals surface area contributed by atoms with Crippen LogP contribution in [0.25, 0.3) is 11.3 Å². The summed E-state index contributed by atoms with van der Waals surface area (Å²) in [5, 5.41) is 16.6. The average Bonchev–Trinajstić information content (AvgIpc) is 3.13. The lowest BCUT2D eigenvalue weighted by Gasteiger charge is -2.06. The zero-order valence-electron chi connectivity index (χ0n) is 14.4. The topological polar surface area (TPSA) is 141 Å². The Labute approximate surface area is 154 Å². The van der Waals surface area contributed by atoms with Crippen LogP contribution in [-0.4, -0.2) is 35.7 Å². The van der Waals surface area contributed by atoms with Gasteiger partial charge in [-0.1, -0.05) is 29.5 Å². The van der Waals surface area contributed by atoms with E-state index in [2.05, 4.69) is 15.3 Å². The molecule has 3 rings (SSSR count). The van der Waals surface area contributed by atoms with E-state index in [4.69, 9.17) is 10.9 Å². The normalized spacial score (nSPS) is 10.7. The standard InChI is InChI=1S/C17H19N7O3/c18-15-7-9-23(17(26)19-15)10-12-3-5-13(6-4-12)14-11-24(22-20-14)8-1-2-16(25)21-27/h3-7,9,11,27H,1-2,8,10H2,(H,21,25)(H2,18,19,26). The number of amides is 1. The number of hydrogen-bond acceptors (Lipinski definition) is 7. The summed E-state index contributed by atoms with van der Waals surface area (Å²) >= 11 is 0. The molecule has 140 valence electrons. The van der Waals surface area contributed by atoms with E-state index in [0.29, 0.717) is 25.2 Å². The predicted molar refractivity (Wildman–Crippen MR) is 96.6 cm³/mol. The smallest absolute Gasteiger partial charge is 0.349 e. The number of carbonyl (C=O) groups is 1. The molecule has 3 aromatic rings. The maximum absolute atomic E-state index is 11.8. The number of nitrogens with zero attached hydrogens (tertiary/aromatic N) is 5. The molecule has 2 heterocycles. The number of nitrogen functional groups attached to an aromatic ring is 1. The van der Waals surface area contributed by atoms with Gasteiger partial charge in [-0.25, -0.2) is 10.3 Å². The van der Waals surface area contributed by atoms with Crippen LogP contribution in [0.2, 0.25) is 0 Å². The summed E-state index contributed by atoms with van der Waals surface area (Å²) in [6.45, 7) is 0.914. The van der Waals surface area contributed by atoms with Gasteiger partial charge in [0, 0.05) is 24.7 Å². The molecule has 10 nitrogen and oxygen atoms in total. The van der Waals surface area contributed by atoms with Crippen LogP contribution in [-0.2, 0) is 17.9 Å². The molecule has 0 aliphatic carbocycles. The van der Waals surface area contributed by atoms with Crippen molar-refractivity contribution in [2.24, 2.45) is 0 Å². The van der Waals surface area contributed by atoms with Crippen LogP contribution in [0.15, 0.2) is 47.5 Å². The Hall–Kier alpha value is -3.53. The van der Waals surface area contributed by atoms with E-state index in [1.807, 2.05) is 24.3 Å². The SMILES string of the molecule is Nc1ccn(Cc2ccc(-c3cn(CCCC(=O)NO)nn3)cc2)c(=O)n1. The summed E-state index contributed by atoms with van der Waals surface area (Å²) in [5.74, 6) is -0.229. The van der Waals surface area contributed by atoms with Crippen molar-refractivity contribution >= 4 is 11.7 Å². The van der Waals surface area contributed by atoms with Gasteiger partial charge in [0.1, 0.15) is 11.5 Å². The fraction of sp³-hybridized carbons (Fsp3) is 0.235. The van der Waals surface area contributed by atoms with Crippen LogP contribution in [0.4, 0.5) is 5.82 Å². The average molecular weight is 369 g/mol. The predicted octanol–water partition coefficient (Wildman–Crippen LogP) is 0.418. The molecule has 0 fully saturated rings. The molecule has 10 heteroatoms. The van der Waals surface area contributed by atoms with Crippen molar-refractivity contribution in [2.75, 3.05) is 5.73 Å². The number of benzene rings is 1. The minimum atomic E-state index is -0.429. The highest BCUT2D eigenvalue weighted by Gasteiger charge is 2.06. The number of rotatable bonds is 7. The van der Waals surface area contributed by atoms with Crippen molar-refractivity contribution in [1.29, 1.82) is 0 Å². The van der Waals surface area contributed by atoms with Crippen LogP contribution in [0.3, 0.4) is 0 Å². The van der Waals surface area contributed by atoms with Crippen LogP contribution in [0.1, 0.15) is 18.4 Å². The van der Waals surface area contributed by atoms with Crippen LogP contribution in [0, 0.1) is 0 Å². The van der Waals surface area contributed by atoms with Gasteiger partial charge in [-0.15, -0.1) is 5.10 Å². The Balaban J connectivity index is 1.63. The molecule has 0 saturated carbocycles. The van der Waals surface area contributed by atoms with Gasteiger partial charge in [0.15, 0.2) is 0 Å². The maximum atomic E-state index is 11.8. The number of anilines is 1. The molecule has 2 aromatic heterocycles. The molecule has 1 amide bonds. The molecule has 1 aromatic carbocycles. The van der Waals surface area contributed by atoms with Crippen molar-refractivity contribution in [2.45, 2.75) is 25.9 Å². The number of hydrogen-bond donors (Lipinski definition) is 3. The molecule has 27 heavy (non-hydrogen) atoms. The first kappa shape index (κ1) is 18.3. The Morgan fingerprint density at radius 2 is 2.00 bits per heavy atom. The van der Waals surface area contributed by atoms with E-state index in [-0.39, 0.29) is 12.2 Å². The zero-order valence-corrected chi connectivity index (χ0v) is 14.4. The van der Waals surface area contributed by atoms with Crippen molar-refractivity contribution in [3.05, 3.63) is 58.8 Å². The number of aromatic nitrogens is 5. The third-order valence-corrected chi connectivity index (χ3v) is 3.95.